The number of likely N-dealkylation sites (tertiary alicyclic amines) is 1. The van der Waals surface area contributed by atoms with Crippen LogP contribution in [-0.2, 0) is 14.3 Å². The molecule has 0 aromatic carbocycles. The standard InChI is InChI=1S/C11H22NO3S/c1-3-11-16(13,14)15-10-9-12(2)7-5-4-6-8-12/h3H,1,4-11H2,2H3/q+1. The third kappa shape index (κ3) is 4.63. The van der Waals surface area contributed by atoms with E-state index in [1.807, 2.05) is 0 Å². The van der Waals surface area contributed by atoms with Gasteiger partial charge in [-0.2, -0.15) is 8.42 Å². The van der Waals surface area contributed by atoms with E-state index < -0.39 is 10.1 Å². The van der Waals surface area contributed by atoms with Gasteiger partial charge in [-0.1, -0.05) is 6.08 Å². The number of likely N-dealkylation sites (N-methyl/N-ethyl adjacent to an activating group) is 1. The van der Waals surface area contributed by atoms with Crippen molar-refractivity contribution in [2.45, 2.75) is 19.3 Å². The van der Waals surface area contributed by atoms with E-state index in [9.17, 15) is 8.42 Å². The molecule has 0 spiro atoms. The van der Waals surface area contributed by atoms with Gasteiger partial charge >= 0.3 is 0 Å². The van der Waals surface area contributed by atoms with Gasteiger partial charge in [-0.3, -0.25) is 4.18 Å². The van der Waals surface area contributed by atoms with E-state index in [-0.39, 0.29) is 12.4 Å². The van der Waals surface area contributed by atoms with Crippen molar-refractivity contribution in [3.05, 3.63) is 12.7 Å². The molecule has 94 valence electrons. The molecule has 0 amide bonds. The van der Waals surface area contributed by atoms with Crippen LogP contribution in [0.1, 0.15) is 19.3 Å². The lowest BCUT2D eigenvalue weighted by atomic mass is 10.1. The van der Waals surface area contributed by atoms with Gasteiger partial charge in [0.15, 0.2) is 0 Å². The highest BCUT2D eigenvalue weighted by molar-refractivity contribution is 7.86. The van der Waals surface area contributed by atoms with Gasteiger partial charge in [-0.25, -0.2) is 0 Å². The van der Waals surface area contributed by atoms with E-state index in [2.05, 4.69) is 13.6 Å². The van der Waals surface area contributed by atoms with E-state index in [1.54, 1.807) is 0 Å². The molecule has 4 nitrogen and oxygen atoms in total. The molecule has 0 radical (unpaired) electrons. The van der Waals surface area contributed by atoms with E-state index in [4.69, 9.17) is 4.18 Å². The first-order chi connectivity index (χ1) is 7.47. The van der Waals surface area contributed by atoms with Gasteiger partial charge in [-0.05, 0) is 19.3 Å². The van der Waals surface area contributed by atoms with Gasteiger partial charge in [-0.15, -0.1) is 6.58 Å². The van der Waals surface area contributed by atoms with Crippen molar-refractivity contribution in [1.82, 2.24) is 0 Å². The van der Waals surface area contributed by atoms with Crippen LogP contribution >= 0.6 is 0 Å². The summed E-state index contributed by atoms with van der Waals surface area (Å²) in [5.41, 5.74) is 0. The number of quaternary nitrogens is 1. The molecule has 0 bridgehead atoms. The number of piperidine rings is 1. The first-order valence-electron chi connectivity index (χ1n) is 5.79. The summed E-state index contributed by atoms with van der Waals surface area (Å²) >= 11 is 0. The summed E-state index contributed by atoms with van der Waals surface area (Å²) in [6.45, 7) is 6.71. The van der Waals surface area contributed by atoms with Gasteiger partial charge in [0.2, 0.25) is 0 Å². The fourth-order valence-electron chi connectivity index (χ4n) is 2.08. The molecular weight excluding hydrogens is 226 g/mol. The van der Waals surface area contributed by atoms with E-state index in [1.165, 1.54) is 25.3 Å². The Morgan fingerprint density at radius 2 is 1.94 bits per heavy atom. The topological polar surface area (TPSA) is 43.4 Å². The molecule has 1 saturated heterocycles. The van der Waals surface area contributed by atoms with Crippen LogP contribution in [0.15, 0.2) is 12.7 Å². The molecule has 0 aromatic heterocycles. The number of rotatable bonds is 6. The molecule has 1 rings (SSSR count). The summed E-state index contributed by atoms with van der Waals surface area (Å²) in [5, 5.41) is 0. The molecular formula is C11H22NO3S+. The highest BCUT2D eigenvalue weighted by atomic mass is 32.2. The molecule has 0 saturated carbocycles. The minimum atomic E-state index is -3.39. The normalized spacial score (nSPS) is 20.6. The smallest absolute Gasteiger partial charge is 0.271 e. The quantitative estimate of drug-likeness (QED) is 0.402. The Labute approximate surface area is 98.6 Å². The van der Waals surface area contributed by atoms with Crippen LogP contribution < -0.4 is 0 Å². The van der Waals surface area contributed by atoms with Gasteiger partial charge in [0, 0.05) is 0 Å². The number of hydrogen-bond donors (Lipinski definition) is 0. The predicted molar refractivity (Wildman–Crippen MR) is 64.6 cm³/mol. The molecule has 0 aliphatic carbocycles. The van der Waals surface area contributed by atoms with Crippen molar-refractivity contribution in [1.29, 1.82) is 0 Å². The van der Waals surface area contributed by atoms with E-state index in [0.717, 1.165) is 24.1 Å². The largest absolute Gasteiger partial charge is 0.324 e. The summed E-state index contributed by atoms with van der Waals surface area (Å²) in [6.07, 6.45) is 5.11. The van der Waals surface area contributed by atoms with Crippen molar-refractivity contribution in [3.63, 3.8) is 0 Å². The maximum atomic E-state index is 11.3. The Balaban J connectivity index is 2.31. The van der Waals surface area contributed by atoms with Crippen molar-refractivity contribution >= 4 is 10.1 Å². The van der Waals surface area contributed by atoms with Crippen molar-refractivity contribution in [2.75, 3.05) is 39.0 Å². The zero-order valence-corrected chi connectivity index (χ0v) is 10.8. The van der Waals surface area contributed by atoms with Crippen LogP contribution in [0.5, 0.6) is 0 Å². The monoisotopic (exact) mass is 248 g/mol. The third-order valence-corrected chi connectivity index (χ3v) is 4.28. The predicted octanol–water partition coefficient (Wildman–Crippen LogP) is 1.15. The Bertz CT molecular complexity index is 318. The minimum Gasteiger partial charge on any atom is -0.324 e. The average molecular weight is 248 g/mol. The fourth-order valence-corrected chi connectivity index (χ4v) is 2.79. The molecule has 1 aliphatic rings. The van der Waals surface area contributed by atoms with Crippen LogP contribution in [0.3, 0.4) is 0 Å². The van der Waals surface area contributed by atoms with E-state index >= 15 is 0 Å². The first kappa shape index (κ1) is 13.7. The van der Waals surface area contributed by atoms with Crippen LogP contribution in [0.4, 0.5) is 0 Å². The summed E-state index contributed by atoms with van der Waals surface area (Å²) in [7, 11) is -1.22. The second-order valence-corrected chi connectivity index (χ2v) is 6.37. The van der Waals surface area contributed by atoms with Crippen molar-refractivity contribution < 1.29 is 17.1 Å². The fraction of sp³-hybridized carbons (Fsp3) is 0.818. The van der Waals surface area contributed by atoms with Crippen molar-refractivity contribution in [2.24, 2.45) is 0 Å². The lowest BCUT2D eigenvalue weighted by Gasteiger charge is -2.37. The van der Waals surface area contributed by atoms with Crippen LogP contribution in [0, 0.1) is 0 Å². The summed E-state index contributed by atoms with van der Waals surface area (Å²) < 4.78 is 28.4. The maximum absolute atomic E-state index is 11.3. The molecule has 1 aliphatic heterocycles. The molecule has 0 unspecified atom stereocenters. The molecule has 5 heteroatoms. The summed E-state index contributed by atoms with van der Waals surface area (Å²) in [6, 6.07) is 0. The number of nitrogens with zero attached hydrogens (tertiary/aromatic N) is 1. The Hall–Kier alpha value is -0.390. The van der Waals surface area contributed by atoms with Crippen LogP contribution in [0.2, 0.25) is 0 Å². The molecule has 1 fully saturated rings. The zero-order chi connectivity index (χ0) is 12.1. The Morgan fingerprint density at radius 3 is 2.50 bits per heavy atom. The molecule has 0 atom stereocenters. The lowest BCUT2D eigenvalue weighted by Crippen LogP contribution is -2.49. The van der Waals surface area contributed by atoms with Gasteiger partial charge in [0.1, 0.15) is 13.2 Å². The Morgan fingerprint density at radius 1 is 1.31 bits per heavy atom. The maximum Gasteiger partial charge on any atom is 0.271 e. The molecule has 16 heavy (non-hydrogen) atoms. The highest BCUT2D eigenvalue weighted by Gasteiger charge is 2.25. The van der Waals surface area contributed by atoms with Gasteiger partial charge < -0.3 is 4.48 Å². The molecule has 1 heterocycles. The first-order valence-corrected chi connectivity index (χ1v) is 7.37. The van der Waals surface area contributed by atoms with E-state index in [0.29, 0.717) is 0 Å². The molecule has 0 aromatic rings. The van der Waals surface area contributed by atoms with Gasteiger partial charge in [0.05, 0.1) is 25.9 Å². The van der Waals surface area contributed by atoms with Crippen molar-refractivity contribution in [3.8, 4) is 0 Å². The average Bonchev–Trinajstić information content (AvgIpc) is 2.17. The van der Waals surface area contributed by atoms with Crippen LogP contribution in [0.25, 0.3) is 0 Å². The summed E-state index contributed by atoms with van der Waals surface area (Å²) in [4.78, 5) is 0. The zero-order valence-electron chi connectivity index (χ0n) is 10.0. The van der Waals surface area contributed by atoms with Crippen LogP contribution in [-0.4, -0.2) is 51.9 Å². The second-order valence-electron chi connectivity index (χ2n) is 4.69. The second kappa shape index (κ2) is 5.80. The molecule has 0 N–H and O–H groups in total. The highest BCUT2D eigenvalue weighted by Crippen LogP contribution is 2.15. The SMILES string of the molecule is C=CCS(=O)(=O)OCC[N+]1(C)CCCCC1. The van der Waals surface area contributed by atoms with Gasteiger partial charge in [0.25, 0.3) is 10.1 Å². The third-order valence-electron chi connectivity index (χ3n) is 3.11. The number of hydrogen-bond acceptors (Lipinski definition) is 3. The lowest BCUT2D eigenvalue weighted by molar-refractivity contribution is -0.914. The minimum absolute atomic E-state index is 0.100. The summed E-state index contributed by atoms with van der Waals surface area (Å²) in [5.74, 6) is -0.100. The Kier molecular flexibility index (Phi) is 4.95.